The maximum atomic E-state index is 14.4. The SMILES string of the molecule is CCCNCc1nc(-c2ccc(-c3ccc(-c4cnc(C5CCC(C)N5)[nH]4)cc3)cc2)c(F)[nH]1. The van der Waals surface area contributed by atoms with Gasteiger partial charge >= 0.3 is 0 Å². The number of hydrogen-bond donors (Lipinski definition) is 4. The minimum Gasteiger partial charge on any atom is -0.341 e. The van der Waals surface area contributed by atoms with Crippen molar-refractivity contribution in [2.45, 2.75) is 51.7 Å². The number of halogens is 1. The highest BCUT2D eigenvalue weighted by Gasteiger charge is 2.24. The van der Waals surface area contributed by atoms with Gasteiger partial charge in [0, 0.05) is 11.6 Å². The monoisotopic (exact) mass is 458 g/mol. The third kappa shape index (κ3) is 4.81. The summed E-state index contributed by atoms with van der Waals surface area (Å²) in [6.45, 7) is 5.72. The van der Waals surface area contributed by atoms with Gasteiger partial charge in [-0.15, -0.1) is 0 Å². The number of H-pyrrole nitrogens is 2. The van der Waals surface area contributed by atoms with Crippen molar-refractivity contribution in [1.29, 1.82) is 0 Å². The van der Waals surface area contributed by atoms with E-state index in [2.05, 4.69) is 68.7 Å². The number of hydrogen-bond acceptors (Lipinski definition) is 4. The van der Waals surface area contributed by atoms with E-state index >= 15 is 0 Å². The summed E-state index contributed by atoms with van der Waals surface area (Å²) in [6, 6.07) is 17.1. The first-order chi connectivity index (χ1) is 16.6. The molecule has 0 radical (unpaired) electrons. The zero-order valence-corrected chi connectivity index (χ0v) is 19.7. The van der Waals surface area contributed by atoms with Crippen LogP contribution in [-0.2, 0) is 6.54 Å². The highest BCUT2D eigenvalue weighted by molar-refractivity contribution is 5.71. The lowest BCUT2D eigenvalue weighted by molar-refractivity contribution is 0.564. The fraction of sp³-hybridized carbons (Fsp3) is 0.333. The second-order valence-corrected chi connectivity index (χ2v) is 9.06. The molecule has 4 aromatic rings. The van der Waals surface area contributed by atoms with Gasteiger partial charge in [-0.2, -0.15) is 4.39 Å². The van der Waals surface area contributed by atoms with Gasteiger partial charge in [-0.3, -0.25) is 0 Å². The maximum Gasteiger partial charge on any atom is 0.219 e. The molecule has 176 valence electrons. The van der Waals surface area contributed by atoms with Gasteiger partial charge in [-0.25, -0.2) is 9.97 Å². The Labute approximate surface area is 199 Å². The Morgan fingerprint density at radius 3 is 2.26 bits per heavy atom. The number of nitrogens with zero attached hydrogens (tertiary/aromatic N) is 2. The minimum atomic E-state index is -0.397. The lowest BCUT2D eigenvalue weighted by Gasteiger charge is -2.08. The molecule has 1 aliphatic rings. The molecule has 1 saturated heterocycles. The van der Waals surface area contributed by atoms with Crippen molar-refractivity contribution in [2.24, 2.45) is 0 Å². The standard InChI is InChI=1S/C27H31FN6/c1-3-14-29-16-24-33-25(26(28)34-24)21-11-7-19(8-12-21)18-5-9-20(10-6-18)23-15-30-27(32-23)22-13-4-17(2)31-22/h5-12,15,17,22,29,31H,3-4,13-14,16H2,1-2H3,(H,30,32)(H,33,34). The Balaban J connectivity index is 1.28. The van der Waals surface area contributed by atoms with Crippen molar-refractivity contribution in [2.75, 3.05) is 6.54 Å². The Bertz CT molecular complexity index is 1230. The molecule has 0 amide bonds. The second kappa shape index (κ2) is 9.91. The molecular formula is C27H31FN6. The lowest BCUT2D eigenvalue weighted by Crippen LogP contribution is -2.21. The van der Waals surface area contributed by atoms with Crippen molar-refractivity contribution >= 4 is 0 Å². The summed E-state index contributed by atoms with van der Waals surface area (Å²) in [7, 11) is 0. The molecule has 5 rings (SSSR count). The van der Waals surface area contributed by atoms with Gasteiger partial charge in [0.05, 0.1) is 24.5 Å². The van der Waals surface area contributed by atoms with E-state index < -0.39 is 5.95 Å². The van der Waals surface area contributed by atoms with Crippen LogP contribution in [0.5, 0.6) is 0 Å². The van der Waals surface area contributed by atoms with E-state index in [0.29, 0.717) is 30.1 Å². The second-order valence-electron chi connectivity index (χ2n) is 9.06. The smallest absolute Gasteiger partial charge is 0.219 e. The molecule has 1 aliphatic heterocycles. The van der Waals surface area contributed by atoms with Crippen LogP contribution < -0.4 is 10.6 Å². The molecule has 2 aromatic heterocycles. The zero-order chi connectivity index (χ0) is 23.5. The van der Waals surface area contributed by atoms with E-state index in [1.165, 1.54) is 6.42 Å². The van der Waals surface area contributed by atoms with E-state index in [-0.39, 0.29) is 0 Å². The van der Waals surface area contributed by atoms with Crippen LogP contribution in [0.15, 0.2) is 54.7 Å². The highest BCUT2D eigenvalue weighted by atomic mass is 19.1. The largest absolute Gasteiger partial charge is 0.341 e. The van der Waals surface area contributed by atoms with Crippen LogP contribution in [0.2, 0.25) is 0 Å². The molecule has 3 heterocycles. The molecule has 1 fully saturated rings. The van der Waals surface area contributed by atoms with Gasteiger partial charge in [-0.05, 0) is 49.4 Å². The number of aromatic nitrogens is 4. The van der Waals surface area contributed by atoms with E-state index in [9.17, 15) is 4.39 Å². The number of benzene rings is 2. The van der Waals surface area contributed by atoms with Crippen molar-refractivity contribution in [3.05, 3.63) is 72.3 Å². The van der Waals surface area contributed by atoms with Crippen molar-refractivity contribution in [1.82, 2.24) is 30.6 Å². The molecule has 0 spiro atoms. The van der Waals surface area contributed by atoms with Gasteiger partial charge in [0.25, 0.3) is 0 Å². The van der Waals surface area contributed by atoms with Crippen LogP contribution in [0.4, 0.5) is 4.39 Å². The molecule has 2 atom stereocenters. The van der Waals surface area contributed by atoms with E-state index in [1.54, 1.807) is 0 Å². The van der Waals surface area contributed by atoms with E-state index in [0.717, 1.165) is 53.2 Å². The van der Waals surface area contributed by atoms with Gasteiger partial charge in [0.1, 0.15) is 17.3 Å². The first-order valence-corrected chi connectivity index (χ1v) is 12.1. The zero-order valence-electron chi connectivity index (χ0n) is 19.7. The summed E-state index contributed by atoms with van der Waals surface area (Å²) < 4.78 is 14.4. The number of aromatic amines is 2. The van der Waals surface area contributed by atoms with Gasteiger partial charge in [0.15, 0.2) is 0 Å². The molecule has 0 aliphatic carbocycles. The van der Waals surface area contributed by atoms with Gasteiger partial charge in [0.2, 0.25) is 5.95 Å². The molecule has 0 bridgehead atoms. The summed E-state index contributed by atoms with van der Waals surface area (Å²) in [6.07, 6.45) is 5.23. The fourth-order valence-corrected chi connectivity index (χ4v) is 4.52. The molecule has 7 heteroatoms. The average Bonchev–Trinajstić information content (AvgIpc) is 3.60. The first kappa shape index (κ1) is 22.5. The Kier molecular flexibility index (Phi) is 6.56. The molecule has 0 saturated carbocycles. The quantitative estimate of drug-likeness (QED) is 0.260. The van der Waals surface area contributed by atoms with E-state index in [1.807, 2.05) is 30.5 Å². The van der Waals surface area contributed by atoms with E-state index in [4.69, 9.17) is 0 Å². The van der Waals surface area contributed by atoms with Crippen LogP contribution in [0, 0.1) is 5.95 Å². The lowest BCUT2D eigenvalue weighted by atomic mass is 10.0. The summed E-state index contributed by atoms with van der Waals surface area (Å²) in [5.74, 6) is 1.22. The van der Waals surface area contributed by atoms with Gasteiger partial charge in [-0.1, -0.05) is 55.5 Å². The third-order valence-electron chi connectivity index (χ3n) is 6.42. The number of imidazole rings is 2. The summed E-state index contributed by atoms with van der Waals surface area (Å²) in [5.41, 5.74) is 5.43. The topological polar surface area (TPSA) is 81.4 Å². The first-order valence-electron chi connectivity index (χ1n) is 12.1. The summed E-state index contributed by atoms with van der Waals surface area (Å²) >= 11 is 0. The Morgan fingerprint density at radius 2 is 1.62 bits per heavy atom. The fourth-order valence-electron chi connectivity index (χ4n) is 4.52. The Hall–Kier alpha value is -3.29. The number of nitrogens with one attached hydrogen (secondary N) is 4. The van der Waals surface area contributed by atoms with Gasteiger partial charge < -0.3 is 20.6 Å². The van der Waals surface area contributed by atoms with Crippen LogP contribution in [-0.4, -0.2) is 32.5 Å². The molecule has 6 nitrogen and oxygen atoms in total. The summed E-state index contributed by atoms with van der Waals surface area (Å²) in [4.78, 5) is 15.2. The maximum absolute atomic E-state index is 14.4. The average molecular weight is 459 g/mol. The summed E-state index contributed by atoms with van der Waals surface area (Å²) in [5, 5.41) is 6.81. The van der Waals surface area contributed by atoms with Crippen LogP contribution >= 0.6 is 0 Å². The van der Waals surface area contributed by atoms with Crippen molar-refractivity contribution in [3.63, 3.8) is 0 Å². The number of rotatable bonds is 8. The van der Waals surface area contributed by atoms with Crippen LogP contribution in [0.3, 0.4) is 0 Å². The van der Waals surface area contributed by atoms with Crippen molar-refractivity contribution < 1.29 is 4.39 Å². The van der Waals surface area contributed by atoms with Crippen LogP contribution in [0.25, 0.3) is 33.6 Å². The molecule has 2 unspecified atom stereocenters. The van der Waals surface area contributed by atoms with Crippen molar-refractivity contribution in [3.8, 4) is 33.6 Å². The molecule has 2 aromatic carbocycles. The van der Waals surface area contributed by atoms with Crippen LogP contribution in [0.1, 0.15) is 50.8 Å². The normalized spacial score (nSPS) is 18.0. The third-order valence-corrected chi connectivity index (χ3v) is 6.42. The highest BCUT2D eigenvalue weighted by Crippen LogP contribution is 2.29. The molecular weight excluding hydrogens is 427 g/mol. The molecule has 4 N–H and O–H groups in total. The molecule has 34 heavy (non-hydrogen) atoms. The predicted molar refractivity (Wildman–Crippen MR) is 134 cm³/mol. The minimum absolute atomic E-state index is 0.310. The predicted octanol–water partition coefficient (Wildman–Crippen LogP) is 5.59. The Morgan fingerprint density at radius 1 is 0.941 bits per heavy atom.